The Hall–Kier alpha value is -3.79. The smallest absolute Gasteiger partial charge is 0.171 e. The van der Waals surface area contributed by atoms with E-state index in [0.29, 0.717) is 18.0 Å². The lowest BCUT2D eigenvalue weighted by Crippen LogP contribution is -2.58. The molecule has 1 aliphatic rings. The number of piperidine rings is 1. The Bertz CT molecular complexity index is 1980. The zero-order valence-corrected chi connectivity index (χ0v) is 37.7. The highest BCUT2D eigenvalue weighted by molar-refractivity contribution is 7.85. The summed E-state index contributed by atoms with van der Waals surface area (Å²) in [6, 6.07) is 50.1. The van der Waals surface area contributed by atoms with Crippen LogP contribution in [-0.2, 0) is 15.9 Å². The number of hydroxylamine groups is 2. The van der Waals surface area contributed by atoms with Crippen molar-refractivity contribution < 1.29 is 9.40 Å². The third-order valence-corrected chi connectivity index (χ3v) is 15.8. The van der Waals surface area contributed by atoms with Gasteiger partial charge in [0.25, 0.3) is 0 Å². The summed E-state index contributed by atoms with van der Waals surface area (Å²) in [6.45, 7) is 21.8. The first-order valence-corrected chi connectivity index (χ1v) is 23.6. The van der Waals surface area contributed by atoms with Crippen molar-refractivity contribution in [3.8, 4) is 0 Å². The highest BCUT2D eigenvalue weighted by atomic mass is 31.2. The number of hydrogen-bond acceptors (Lipinski definition) is 4. The second kappa shape index (κ2) is 19.1. The Morgan fingerprint density at radius 1 is 0.586 bits per heavy atom. The van der Waals surface area contributed by atoms with Crippen LogP contribution < -0.4 is 15.9 Å². The van der Waals surface area contributed by atoms with Gasteiger partial charge in [0.2, 0.25) is 0 Å². The Labute approximate surface area is 351 Å². The van der Waals surface area contributed by atoms with Gasteiger partial charge in [-0.15, -0.1) is 0 Å². The van der Waals surface area contributed by atoms with Gasteiger partial charge in [0.15, 0.2) is 7.14 Å². The molecule has 0 N–H and O–H groups in total. The van der Waals surface area contributed by atoms with E-state index in [0.717, 1.165) is 54.6 Å². The largest absolute Gasteiger partial charge is 0.309 e. The molecule has 0 radical (unpaired) electrons. The molecule has 0 aliphatic carbocycles. The highest BCUT2D eigenvalue weighted by Crippen LogP contribution is 2.46. The quantitative estimate of drug-likeness (QED) is 0.0878. The normalized spacial score (nSPS) is 17.4. The van der Waals surface area contributed by atoms with Crippen molar-refractivity contribution in [3.63, 3.8) is 0 Å². The Balaban J connectivity index is 1.42. The summed E-state index contributed by atoms with van der Waals surface area (Å²) in [5.41, 5.74) is 4.98. The number of nitrogens with zero attached hydrogens (tertiary/aromatic N) is 2. The van der Waals surface area contributed by atoms with Crippen LogP contribution in [0, 0.1) is 0 Å². The van der Waals surface area contributed by atoms with Gasteiger partial charge in [0, 0.05) is 45.6 Å². The third-order valence-electron chi connectivity index (χ3n) is 12.8. The lowest BCUT2D eigenvalue weighted by atomic mass is 9.80. The topological polar surface area (TPSA) is 32.8 Å². The van der Waals surface area contributed by atoms with Gasteiger partial charge in [-0.25, -0.2) is 0 Å². The van der Waals surface area contributed by atoms with Crippen LogP contribution >= 0.6 is 7.14 Å². The predicted molar refractivity (Wildman–Crippen MR) is 247 cm³/mol. The molecule has 1 heterocycles. The molecule has 5 aromatic rings. The molecule has 3 unspecified atom stereocenters. The molecule has 5 heteroatoms. The fraction of sp³-hybridized carbons (Fsp3) is 0.434. The van der Waals surface area contributed by atoms with E-state index in [2.05, 4.69) is 151 Å². The van der Waals surface area contributed by atoms with E-state index in [1.807, 2.05) is 60.7 Å². The second-order valence-electron chi connectivity index (χ2n) is 18.5. The van der Waals surface area contributed by atoms with Gasteiger partial charge in [-0.3, -0.25) is 9.74 Å². The molecule has 0 spiro atoms. The fourth-order valence-electron chi connectivity index (χ4n) is 9.55. The molecule has 0 bridgehead atoms. The highest BCUT2D eigenvalue weighted by Gasteiger charge is 2.44. The molecule has 3 atom stereocenters. The van der Waals surface area contributed by atoms with Crippen LogP contribution in [0.1, 0.15) is 141 Å². The van der Waals surface area contributed by atoms with Crippen LogP contribution in [-0.4, -0.2) is 33.1 Å². The van der Waals surface area contributed by atoms with E-state index in [-0.39, 0.29) is 23.1 Å². The van der Waals surface area contributed by atoms with Gasteiger partial charge < -0.3 is 4.57 Å². The first-order chi connectivity index (χ1) is 27.7. The summed E-state index contributed by atoms with van der Waals surface area (Å²) in [5, 5.41) is 4.93. The lowest BCUT2D eigenvalue weighted by Gasteiger charge is -2.52. The fourth-order valence-corrected chi connectivity index (χ4v) is 12.2. The van der Waals surface area contributed by atoms with Crippen molar-refractivity contribution in [2.75, 3.05) is 0 Å². The molecule has 0 saturated carbocycles. The van der Waals surface area contributed by atoms with Crippen molar-refractivity contribution in [1.29, 1.82) is 0 Å². The molecule has 58 heavy (non-hydrogen) atoms. The van der Waals surface area contributed by atoms with Gasteiger partial charge in [-0.2, -0.15) is 5.06 Å². The summed E-state index contributed by atoms with van der Waals surface area (Å²) in [6.07, 6.45) is 6.09. The maximum atomic E-state index is 15.4. The Morgan fingerprint density at radius 2 is 1.03 bits per heavy atom. The van der Waals surface area contributed by atoms with Crippen molar-refractivity contribution in [1.82, 2.24) is 9.96 Å². The molecule has 5 aromatic carbocycles. The average molecular weight is 797 g/mol. The number of hydrogen-bond donors (Lipinski definition) is 0. The Kier molecular flexibility index (Phi) is 14.4. The average Bonchev–Trinajstić information content (AvgIpc) is 3.22. The van der Waals surface area contributed by atoms with Gasteiger partial charge in [0.05, 0.1) is 0 Å². The maximum absolute atomic E-state index is 15.4. The van der Waals surface area contributed by atoms with Gasteiger partial charge in [-0.1, -0.05) is 146 Å². The minimum absolute atomic E-state index is 0.0991. The minimum atomic E-state index is -3.10. The lowest BCUT2D eigenvalue weighted by molar-refractivity contribution is -0.308. The zero-order valence-electron chi connectivity index (χ0n) is 36.8. The molecule has 4 nitrogen and oxygen atoms in total. The maximum Gasteiger partial charge on any atom is 0.171 e. The first-order valence-electron chi connectivity index (χ1n) is 21.9. The van der Waals surface area contributed by atoms with Gasteiger partial charge in [0.1, 0.15) is 6.10 Å². The van der Waals surface area contributed by atoms with E-state index in [1.165, 1.54) is 28.7 Å². The number of benzene rings is 5. The molecule has 0 aromatic heterocycles. The SMILES string of the molecule is CCC(CC(CC(ON1C(C)(C)CCCC1(C)C)c1ccc(CN(C(C)C)C(C)C)cc1)c1ccc(P(=O)(c2ccccc2)c2ccccc2)cc1)c1ccccc1. The molecular formula is C53H69N2O2P. The summed E-state index contributed by atoms with van der Waals surface area (Å²) in [7, 11) is -3.10. The van der Waals surface area contributed by atoms with Crippen LogP contribution in [0.2, 0.25) is 0 Å². The molecule has 1 saturated heterocycles. The monoisotopic (exact) mass is 797 g/mol. The van der Waals surface area contributed by atoms with Crippen molar-refractivity contribution >= 4 is 23.1 Å². The molecule has 1 aliphatic heterocycles. The van der Waals surface area contributed by atoms with Crippen LogP contribution in [0.4, 0.5) is 0 Å². The Morgan fingerprint density at radius 3 is 1.52 bits per heavy atom. The molecule has 6 rings (SSSR count). The molecular weight excluding hydrogens is 728 g/mol. The number of rotatable bonds is 17. The van der Waals surface area contributed by atoms with Crippen molar-refractivity contribution in [2.45, 2.75) is 148 Å². The van der Waals surface area contributed by atoms with Gasteiger partial charge >= 0.3 is 0 Å². The zero-order chi connectivity index (χ0) is 41.5. The van der Waals surface area contributed by atoms with E-state index >= 15 is 4.57 Å². The molecule has 308 valence electrons. The minimum Gasteiger partial charge on any atom is -0.309 e. The third kappa shape index (κ3) is 10.1. The molecule has 0 amide bonds. The van der Waals surface area contributed by atoms with E-state index in [9.17, 15) is 0 Å². The summed E-state index contributed by atoms with van der Waals surface area (Å²) in [5.74, 6) is 0.569. The molecule has 1 fully saturated rings. The van der Waals surface area contributed by atoms with Crippen LogP contribution in [0.25, 0.3) is 0 Å². The van der Waals surface area contributed by atoms with Crippen LogP contribution in [0.3, 0.4) is 0 Å². The van der Waals surface area contributed by atoms with E-state index in [1.54, 1.807) is 0 Å². The van der Waals surface area contributed by atoms with Crippen molar-refractivity contribution in [3.05, 3.63) is 162 Å². The van der Waals surface area contributed by atoms with Crippen LogP contribution in [0.5, 0.6) is 0 Å². The van der Waals surface area contributed by atoms with E-state index in [4.69, 9.17) is 4.84 Å². The summed E-state index contributed by atoms with van der Waals surface area (Å²) >= 11 is 0. The summed E-state index contributed by atoms with van der Waals surface area (Å²) < 4.78 is 15.4. The van der Waals surface area contributed by atoms with Crippen LogP contribution in [0.15, 0.2) is 140 Å². The van der Waals surface area contributed by atoms with Gasteiger partial charge in [-0.05, 0) is 128 Å². The first kappa shape index (κ1) is 43.8. The second-order valence-corrected chi connectivity index (χ2v) is 21.3. The summed E-state index contributed by atoms with van der Waals surface area (Å²) in [4.78, 5) is 10.00. The van der Waals surface area contributed by atoms with E-state index < -0.39 is 7.14 Å². The standard InChI is InChI=1S/C53H69N2O2P/c1-10-43(44-21-14-11-15-22-44)37-47(45-31-33-50(34-32-45)58(56,48-23-16-12-17-24-48)49-25-18-13-19-26-49)38-51(57-55-52(6,7)35-20-36-53(55,8)9)46-29-27-42(28-30-46)39-54(40(2)3)41(4)5/h11-19,21-34,40-41,43,47,51H,10,20,35-39H2,1-9H3. The predicted octanol–water partition coefficient (Wildman–Crippen LogP) is 12.7. The van der Waals surface area contributed by atoms with Crippen molar-refractivity contribution in [2.24, 2.45) is 0 Å².